The Balaban J connectivity index is 2.03. The van der Waals surface area contributed by atoms with Crippen LogP contribution in [0, 0.1) is 11.8 Å². The van der Waals surface area contributed by atoms with Crippen molar-refractivity contribution in [3.05, 3.63) is 25.3 Å². The van der Waals surface area contributed by atoms with E-state index in [1.807, 2.05) is 18.7 Å². The van der Waals surface area contributed by atoms with Crippen LogP contribution >= 0.6 is 11.8 Å². The van der Waals surface area contributed by atoms with Crippen molar-refractivity contribution in [1.29, 1.82) is 0 Å². The summed E-state index contributed by atoms with van der Waals surface area (Å²) in [6.07, 6.45) is 7.72. The maximum absolute atomic E-state index is 14.2. The van der Waals surface area contributed by atoms with Gasteiger partial charge < -0.3 is 19.6 Å². The van der Waals surface area contributed by atoms with Crippen LogP contribution in [0.1, 0.15) is 59.3 Å². The number of ether oxygens (including phenoxy) is 1. The first-order chi connectivity index (χ1) is 16.2. The van der Waals surface area contributed by atoms with Gasteiger partial charge >= 0.3 is 5.97 Å². The summed E-state index contributed by atoms with van der Waals surface area (Å²) in [6, 6.07) is -0.611. The molecule has 1 spiro atoms. The van der Waals surface area contributed by atoms with Gasteiger partial charge in [0, 0.05) is 30.5 Å². The summed E-state index contributed by atoms with van der Waals surface area (Å²) in [5.41, 5.74) is 0. The highest BCUT2D eigenvalue weighted by atomic mass is 32.2. The fraction of sp³-hybridized carbons (Fsp3) is 0.731. The van der Waals surface area contributed by atoms with Crippen molar-refractivity contribution in [3.63, 3.8) is 0 Å². The molecule has 3 fully saturated rings. The largest absolute Gasteiger partial charge is 0.461 e. The SMILES string of the molecule is C=CCOC(=O)[C@@H]1[C@H]2C(=O)N(CCCCO)C(C(=O)N(CC=C)C(C)CCC)C23CC[C@@]1(C)S3. The standard InChI is InChI=1S/C26H40N2O5S/c1-6-11-18(4)27(14-7-2)23(31)21-26-13-12-25(5,34-26)20(24(32)33-17-8-3)19(26)22(30)28(21)15-9-10-16-29/h7-8,18-21,29H,2-3,6,9-17H2,1,4-5H3/t18?,19-,20-,21?,25+,26?/m0/s1. The Hall–Kier alpha value is -1.80. The number of unbranched alkanes of at least 4 members (excludes halogenated alkanes) is 1. The van der Waals surface area contributed by atoms with Gasteiger partial charge in [-0.3, -0.25) is 14.4 Å². The van der Waals surface area contributed by atoms with E-state index in [0.717, 1.165) is 19.3 Å². The molecule has 6 atom stereocenters. The van der Waals surface area contributed by atoms with Gasteiger partial charge in [0.25, 0.3) is 0 Å². The highest BCUT2D eigenvalue weighted by molar-refractivity contribution is 8.02. The molecule has 3 rings (SSSR count). The molecule has 0 aromatic carbocycles. The number of nitrogens with zero attached hydrogens (tertiary/aromatic N) is 2. The summed E-state index contributed by atoms with van der Waals surface area (Å²) in [5.74, 6) is -1.73. The monoisotopic (exact) mass is 492 g/mol. The fourth-order valence-electron chi connectivity index (χ4n) is 6.28. The van der Waals surface area contributed by atoms with Gasteiger partial charge in [-0.2, -0.15) is 0 Å². The van der Waals surface area contributed by atoms with Gasteiger partial charge in [-0.05, 0) is 46.0 Å². The highest BCUT2D eigenvalue weighted by Crippen LogP contribution is 2.71. The van der Waals surface area contributed by atoms with Gasteiger partial charge in [-0.1, -0.05) is 32.1 Å². The van der Waals surface area contributed by atoms with Crippen LogP contribution in [0.25, 0.3) is 0 Å². The number of carbonyl (C=O) groups excluding carboxylic acids is 3. The van der Waals surface area contributed by atoms with Crippen LogP contribution in [0.3, 0.4) is 0 Å². The molecule has 2 bridgehead atoms. The van der Waals surface area contributed by atoms with E-state index in [0.29, 0.717) is 32.4 Å². The Bertz CT molecular complexity index is 819. The molecule has 1 N–H and O–H groups in total. The molecule has 0 aliphatic carbocycles. The maximum Gasteiger partial charge on any atom is 0.311 e. The van der Waals surface area contributed by atoms with E-state index < -0.39 is 27.4 Å². The van der Waals surface area contributed by atoms with E-state index in [4.69, 9.17) is 4.74 Å². The molecule has 0 saturated carbocycles. The third kappa shape index (κ3) is 4.43. The molecule has 3 aliphatic rings. The lowest BCUT2D eigenvalue weighted by atomic mass is 9.66. The number of fused-ring (bicyclic) bond motifs is 1. The quantitative estimate of drug-likeness (QED) is 0.241. The van der Waals surface area contributed by atoms with E-state index >= 15 is 0 Å². The normalized spacial score (nSPS) is 32.4. The first-order valence-electron chi connectivity index (χ1n) is 12.5. The van der Waals surface area contributed by atoms with E-state index in [1.54, 1.807) is 22.7 Å². The number of hydrogen-bond donors (Lipinski definition) is 1. The molecule has 3 unspecified atom stereocenters. The molecule has 8 heteroatoms. The summed E-state index contributed by atoms with van der Waals surface area (Å²) in [6.45, 7) is 14.6. The molecule has 34 heavy (non-hydrogen) atoms. The Morgan fingerprint density at radius 2 is 2.06 bits per heavy atom. The molecular formula is C26H40N2O5S. The van der Waals surface area contributed by atoms with Crippen LogP contribution in [0.5, 0.6) is 0 Å². The van der Waals surface area contributed by atoms with Crippen molar-refractivity contribution in [1.82, 2.24) is 9.80 Å². The number of aliphatic hydroxyl groups excluding tert-OH is 1. The van der Waals surface area contributed by atoms with Crippen LogP contribution < -0.4 is 0 Å². The van der Waals surface area contributed by atoms with Crippen LogP contribution in [0.4, 0.5) is 0 Å². The van der Waals surface area contributed by atoms with Crippen molar-refractivity contribution in [2.75, 3.05) is 26.3 Å². The van der Waals surface area contributed by atoms with Gasteiger partial charge in [0.2, 0.25) is 11.8 Å². The minimum Gasteiger partial charge on any atom is -0.461 e. The summed E-state index contributed by atoms with van der Waals surface area (Å²) in [5, 5.41) is 9.30. The van der Waals surface area contributed by atoms with Crippen molar-refractivity contribution in [2.24, 2.45) is 11.8 Å². The summed E-state index contributed by atoms with van der Waals surface area (Å²) in [4.78, 5) is 44.9. The second-order valence-electron chi connectivity index (χ2n) is 10.0. The predicted octanol–water partition coefficient (Wildman–Crippen LogP) is 3.17. The lowest BCUT2D eigenvalue weighted by molar-refractivity contribution is -0.154. The fourth-order valence-corrected chi connectivity index (χ4v) is 8.62. The van der Waals surface area contributed by atoms with E-state index in [2.05, 4.69) is 20.1 Å². The van der Waals surface area contributed by atoms with Crippen LogP contribution in [-0.4, -0.2) is 80.6 Å². The Morgan fingerprint density at radius 1 is 1.32 bits per heavy atom. The van der Waals surface area contributed by atoms with Gasteiger partial charge in [0.1, 0.15) is 12.6 Å². The predicted molar refractivity (Wildman–Crippen MR) is 134 cm³/mol. The zero-order valence-electron chi connectivity index (χ0n) is 20.8. The summed E-state index contributed by atoms with van der Waals surface area (Å²) < 4.78 is 4.36. The highest BCUT2D eigenvalue weighted by Gasteiger charge is 2.77. The van der Waals surface area contributed by atoms with Gasteiger partial charge in [0.05, 0.1) is 16.6 Å². The minimum absolute atomic E-state index is 0.0212. The van der Waals surface area contributed by atoms with Gasteiger partial charge in [0.15, 0.2) is 0 Å². The number of likely N-dealkylation sites (tertiary alicyclic amines) is 1. The third-order valence-corrected chi connectivity index (χ3v) is 9.75. The molecule has 3 aliphatic heterocycles. The molecule has 0 aromatic rings. The van der Waals surface area contributed by atoms with Gasteiger partial charge in [-0.25, -0.2) is 0 Å². The molecular weight excluding hydrogens is 452 g/mol. The van der Waals surface area contributed by atoms with Crippen LogP contribution in [0.2, 0.25) is 0 Å². The number of hydrogen-bond acceptors (Lipinski definition) is 6. The summed E-state index contributed by atoms with van der Waals surface area (Å²) in [7, 11) is 0. The Kier molecular flexibility index (Phi) is 8.56. The number of esters is 1. The Morgan fingerprint density at radius 3 is 2.68 bits per heavy atom. The van der Waals surface area contributed by atoms with Crippen LogP contribution in [0.15, 0.2) is 25.3 Å². The molecule has 7 nitrogen and oxygen atoms in total. The maximum atomic E-state index is 14.2. The van der Waals surface area contributed by atoms with Crippen LogP contribution in [-0.2, 0) is 19.1 Å². The minimum atomic E-state index is -0.647. The third-order valence-electron chi connectivity index (χ3n) is 7.76. The molecule has 2 amide bonds. The van der Waals surface area contributed by atoms with Crippen molar-refractivity contribution >= 4 is 29.5 Å². The van der Waals surface area contributed by atoms with E-state index in [9.17, 15) is 19.5 Å². The zero-order chi connectivity index (χ0) is 25.1. The second kappa shape index (κ2) is 10.9. The number of rotatable bonds is 13. The smallest absolute Gasteiger partial charge is 0.311 e. The number of carbonyl (C=O) groups is 3. The molecule has 3 heterocycles. The molecule has 190 valence electrons. The first kappa shape index (κ1) is 26.8. The van der Waals surface area contributed by atoms with Crippen molar-refractivity contribution in [2.45, 2.75) is 80.9 Å². The average molecular weight is 493 g/mol. The van der Waals surface area contributed by atoms with Crippen molar-refractivity contribution in [3.8, 4) is 0 Å². The first-order valence-corrected chi connectivity index (χ1v) is 13.3. The molecule has 0 aromatic heterocycles. The number of aliphatic hydroxyl groups is 1. The Labute approximate surface area is 208 Å². The van der Waals surface area contributed by atoms with E-state index in [1.165, 1.54) is 6.08 Å². The summed E-state index contributed by atoms with van der Waals surface area (Å²) >= 11 is 1.65. The lowest BCUT2D eigenvalue weighted by Crippen LogP contribution is -2.56. The number of thioether (sulfide) groups is 1. The average Bonchev–Trinajstić information content (AvgIpc) is 3.36. The number of amides is 2. The van der Waals surface area contributed by atoms with Crippen molar-refractivity contribution < 1.29 is 24.2 Å². The molecule has 0 radical (unpaired) electrons. The zero-order valence-corrected chi connectivity index (χ0v) is 21.6. The van der Waals surface area contributed by atoms with Gasteiger partial charge in [-0.15, -0.1) is 18.3 Å². The topological polar surface area (TPSA) is 87.1 Å². The second-order valence-corrected chi connectivity index (χ2v) is 11.9. The molecule has 3 saturated heterocycles. The lowest BCUT2D eigenvalue weighted by Gasteiger charge is -2.39. The van der Waals surface area contributed by atoms with E-state index in [-0.39, 0.29) is 37.0 Å².